The molecule has 20 heavy (non-hydrogen) atoms. The fourth-order valence-corrected chi connectivity index (χ4v) is 1.85. The standard InChI is InChI=1S/C11H12F3N3O2S/c1-2-6(9(15)18)17-10(19)7-4-3-5-8(16-7)20-11(12,13)14/h3-6H,2H2,1H3,(H2,15,18)(H,17,19)/t6-/m1/s1. The second kappa shape index (κ2) is 6.60. The molecule has 0 fully saturated rings. The lowest BCUT2D eigenvalue weighted by Gasteiger charge is -2.13. The Morgan fingerprint density at radius 2 is 2.10 bits per heavy atom. The molecule has 1 aromatic heterocycles. The van der Waals surface area contributed by atoms with Gasteiger partial charge < -0.3 is 11.1 Å². The first kappa shape index (κ1) is 16.3. The van der Waals surface area contributed by atoms with Crippen LogP contribution in [0.25, 0.3) is 0 Å². The molecule has 0 unspecified atom stereocenters. The van der Waals surface area contributed by atoms with Gasteiger partial charge >= 0.3 is 5.51 Å². The van der Waals surface area contributed by atoms with E-state index in [1.807, 2.05) is 0 Å². The zero-order valence-corrected chi connectivity index (χ0v) is 11.2. The molecular formula is C11H12F3N3O2S. The van der Waals surface area contributed by atoms with Crippen molar-refractivity contribution >= 4 is 23.6 Å². The fourth-order valence-electron chi connectivity index (χ4n) is 1.32. The van der Waals surface area contributed by atoms with Crippen LogP contribution in [0.2, 0.25) is 0 Å². The van der Waals surface area contributed by atoms with Crippen LogP contribution in [0.5, 0.6) is 0 Å². The Morgan fingerprint density at radius 3 is 2.60 bits per heavy atom. The molecule has 0 saturated heterocycles. The second-order valence-corrected chi connectivity index (χ2v) is 4.83. The van der Waals surface area contributed by atoms with Gasteiger partial charge in [-0.3, -0.25) is 9.59 Å². The summed E-state index contributed by atoms with van der Waals surface area (Å²) in [7, 11) is 0. The molecule has 0 aromatic carbocycles. The lowest BCUT2D eigenvalue weighted by atomic mass is 10.2. The smallest absolute Gasteiger partial charge is 0.368 e. The number of carbonyl (C=O) groups is 2. The molecule has 0 aliphatic rings. The number of nitrogens with zero attached hydrogens (tertiary/aromatic N) is 1. The zero-order chi connectivity index (χ0) is 15.3. The number of halogens is 3. The highest BCUT2D eigenvalue weighted by atomic mass is 32.2. The van der Waals surface area contributed by atoms with Gasteiger partial charge in [-0.1, -0.05) is 13.0 Å². The molecule has 5 nitrogen and oxygen atoms in total. The number of nitrogens with two attached hydrogens (primary N) is 1. The first-order chi connectivity index (χ1) is 9.23. The zero-order valence-electron chi connectivity index (χ0n) is 10.4. The number of nitrogens with one attached hydrogen (secondary N) is 1. The Bertz CT molecular complexity index is 508. The van der Waals surface area contributed by atoms with E-state index in [9.17, 15) is 22.8 Å². The number of rotatable bonds is 5. The topological polar surface area (TPSA) is 85.1 Å². The van der Waals surface area contributed by atoms with Crippen molar-refractivity contribution in [3.63, 3.8) is 0 Å². The first-order valence-electron chi connectivity index (χ1n) is 5.56. The summed E-state index contributed by atoms with van der Waals surface area (Å²) < 4.78 is 36.6. The van der Waals surface area contributed by atoms with Crippen LogP contribution < -0.4 is 11.1 Å². The predicted octanol–water partition coefficient (Wildman–Crippen LogP) is 1.69. The van der Waals surface area contributed by atoms with Gasteiger partial charge in [0.25, 0.3) is 5.91 Å². The molecule has 1 atom stereocenters. The van der Waals surface area contributed by atoms with Crippen LogP contribution in [0.15, 0.2) is 23.2 Å². The van der Waals surface area contributed by atoms with E-state index < -0.39 is 35.1 Å². The summed E-state index contributed by atoms with van der Waals surface area (Å²) >= 11 is -0.419. The maximum absolute atomic E-state index is 12.2. The highest BCUT2D eigenvalue weighted by Gasteiger charge is 2.30. The second-order valence-electron chi connectivity index (χ2n) is 3.75. The maximum atomic E-state index is 12.2. The van der Waals surface area contributed by atoms with Gasteiger partial charge in [-0.2, -0.15) is 13.2 Å². The molecule has 110 valence electrons. The Kier molecular flexibility index (Phi) is 5.37. The SMILES string of the molecule is CC[C@@H](NC(=O)c1cccc(SC(F)(F)F)n1)C(N)=O. The molecule has 9 heteroatoms. The van der Waals surface area contributed by atoms with Crippen molar-refractivity contribution < 1.29 is 22.8 Å². The van der Waals surface area contributed by atoms with Crippen LogP contribution in [-0.2, 0) is 4.79 Å². The van der Waals surface area contributed by atoms with Crippen molar-refractivity contribution in [1.82, 2.24) is 10.3 Å². The third-order valence-electron chi connectivity index (χ3n) is 2.23. The van der Waals surface area contributed by atoms with E-state index in [0.717, 1.165) is 6.07 Å². The van der Waals surface area contributed by atoms with Crippen LogP contribution in [-0.4, -0.2) is 28.3 Å². The molecule has 0 aliphatic carbocycles. The summed E-state index contributed by atoms with van der Waals surface area (Å²) in [4.78, 5) is 26.3. The minimum atomic E-state index is -4.48. The highest BCUT2D eigenvalue weighted by molar-refractivity contribution is 8.00. The number of pyridine rings is 1. The number of thioether (sulfide) groups is 1. The Morgan fingerprint density at radius 1 is 1.45 bits per heavy atom. The van der Waals surface area contributed by atoms with Gasteiger partial charge in [0.2, 0.25) is 5.91 Å². The van der Waals surface area contributed by atoms with Crippen molar-refractivity contribution in [3.05, 3.63) is 23.9 Å². The molecule has 0 aliphatic heterocycles. The van der Waals surface area contributed by atoms with E-state index in [-0.39, 0.29) is 17.1 Å². The number of alkyl halides is 3. The van der Waals surface area contributed by atoms with Crippen molar-refractivity contribution in [1.29, 1.82) is 0 Å². The third kappa shape index (κ3) is 5.08. The Balaban J connectivity index is 2.83. The molecule has 1 heterocycles. The minimum absolute atomic E-state index is 0.209. The number of amides is 2. The number of hydrogen-bond acceptors (Lipinski definition) is 4. The van der Waals surface area contributed by atoms with Gasteiger partial charge in [0.15, 0.2) is 0 Å². The van der Waals surface area contributed by atoms with Crippen LogP contribution in [0.3, 0.4) is 0 Å². The normalized spacial score (nSPS) is 12.8. The van der Waals surface area contributed by atoms with E-state index in [1.54, 1.807) is 6.92 Å². The number of hydrogen-bond donors (Lipinski definition) is 2. The number of primary amides is 1. The Hall–Kier alpha value is -1.77. The lowest BCUT2D eigenvalue weighted by molar-refractivity contribution is -0.119. The number of aromatic nitrogens is 1. The summed E-state index contributed by atoms with van der Waals surface area (Å²) in [6, 6.07) is 2.79. The molecule has 3 N–H and O–H groups in total. The summed E-state index contributed by atoms with van der Waals surface area (Å²) in [6.07, 6.45) is 0.276. The molecule has 0 saturated carbocycles. The number of carbonyl (C=O) groups excluding carboxylic acids is 2. The van der Waals surface area contributed by atoms with Crippen LogP contribution in [0.4, 0.5) is 13.2 Å². The van der Waals surface area contributed by atoms with E-state index in [0.29, 0.717) is 0 Å². The summed E-state index contributed by atoms with van der Waals surface area (Å²) in [6.45, 7) is 1.64. The largest absolute Gasteiger partial charge is 0.447 e. The van der Waals surface area contributed by atoms with Gasteiger partial charge in [-0.05, 0) is 18.6 Å². The van der Waals surface area contributed by atoms with Gasteiger partial charge in [0.1, 0.15) is 16.8 Å². The van der Waals surface area contributed by atoms with E-state index in [4.69, 9.17) is 5.73 Å². The summed E-state index contributed by atoms with van der Waals surface area (Å²) in [5, 5.41) is 1.96. The van der Waals surface area contributed by atoms with Crippen molar-refractivity contribution in [2.45, 2.75) is 29.9 Å². The van der Waals surface area contributed by atoms with E-state index >= 15 is 0 Å². The quantitative estimate of drug-likeness (QED) is 0.811. The fraction of sp³-hybridized carbons (Fsp3) is 0.364. The monoisotopic (exact) mass is 307 g/mol. The molecule has 1 aromatic rings. The van der Waals surface area contributed by atoms with Gasteiger partial charge in [0, 0.05) is 11.8 Å². The van der Waals surface area contributed by atoms with Gasteiger partial charge in [-0.15, -0.1) is 0 Å². The van der Waals surface area contributed by atoms with Crippen LogP contribution >= 0.6 is 11.8 Å². The van der Waals surface area contributed by atoms with E-state index in [1.165, 1.54) is 12.1 Å². The first-order valence-corrected chi connectivity index (χ1v) is 6.37. The van der Waals surface area contributed by atoms with Gasteiger partial charge in [-0.25, -0.2) is 4.98 Å². The van der Waals surface area contributed by atoms with Crippen molar-refractivity contribution in [3.8, 4) is 0 Å². The summed E-state index contributed by atoms with van der Waals surface area (Å²) in [5.74, 6) is -1.47. The van der Waals surface area contributed by atoms with Crippen LogP contribution in [0.1, 0.15) is 23.8 Å². The van der Waals surface area contributed by atoms with Gasteiger partial charge in [0.05, 0.1) is 0 Å². The molecule has 0 radical (unpaired) electrons. The molecular weight excluding hydrogens is 295 g/mol. The molecule has 0 bridgehead atoms. The maximum Gasteiger partial charge on any atom is 0.447 e. The summed E-state index contributed by atoms with van der Waals surface area (Å²) in [5.41, 5.74) is 0.366. The predicted molar refractivity (Wildman–Crippen MR) is 66.9 cm³/mol. The molecule has 0 spiro atoms. The van der Waals surface area contributed by atoms with E-state index in [2.05, 4.69) is 10.3 Å². The third-order valence-corrected chi connectivity index (χ3v) is 2.90. The minimum Gasteiger partial charge on any atom is -0.368 e. The average Bonchev–Trinajstić information content (AvgIpc) is 2.33. The molecule has 1 rings (SSSR count). The average molecular weight is 307 g/mol. The Labute approximate surface area is 117 Å². The molecule has 2 amide bonds. The highest BCUT2D eigenvalue weighted by Crippen LogP contribution is 2.35. The lowest BCUT2D eigenvalue weighted by Crippen LogP contribution is -2.44. The van der Waals surface area contributed by atoms with Crippen LogP contribution in [0, 0.1) is 0 Å². The van der Waals surface area contributed by atoms with Crippen molar-refractivity contribution in [2.24, 2.45) is 5.73 Å². The van der Waals surface area contributed by atoms with Crippen molar-refractivity contribution in [2.75, 3.05) is 0 Å².